The van der Waals surface area contributed by atoms with Gasteiger partial charge in [-0.25, -0.2) is 4.00 Å². The van der Waals surface area contributed by atoms with Crippen LogP contribution in [0.3, 0.4) is 0 Å². The van der Waals surface area contributed by atoms with Crippen molar-refractivity contribution < 1.29 is 4.00 Å². The van der Waals surface area contributed by atoms with E-state index in [1.807, 2.05) is 21.1 Å². The second-order valence-electron chi connectivity index (χ2n) is 1.85. The van der Waals surface area contributed by atoms with E-state index in [-0.39, 0.29) is 0 Å². The number of quaternary nitrogens is 1. The van der Waals surface area contributed by atoms with E-state index in [1.54, 1.807) is 0 Å². The lowest BCUT2D eigenvalue weighted by atomic mass is 11.0. The molecular formula is C5H13ClN+. The van der Waals surface area contributed by atoms with E-state index in [1.165, 1.54) is 0 Å². The minimum Gasteiger partial charge on any atom is -0.229 e. The van der Waals surface area contributed by atoms with Crippen LogP contribution in [0.25, 0.3) is 0 Å². The topological polar surface area (TPSA) is 0 Å². The van der Waals surface area contributed by atoms with Crippen molar-refractivity contribution in [3.8, 4) is 0 Å². The highest BCUT2D eigenvalue weighted by Crippen LogP contribution is 1.91. The first-order valence-corrected chi connectivity index (χ1v) is 2.35. The maximum atomic E-state index is 5.47. The Morgan fingerprint density at radius 3 is 1.14 bits per heavy atom. The summed E-state index contributed by atoms with van der Waals surface area (Å²) in [6, 6.07) is 0. The lowest BCUT2D eigenvalue weighted by Gasteiger charge is -2.07. The first-order valence-electron chi connectivity index (χ1n) is 2.01. The molecule has 0 unspecified atom stereocenters. The molecule has 0 bridgehead atoms. The summed E-state index contributed by atoms with van der Waals surface area (Å²) in [5.74, 6) is 0. The van der Waals surface area contributed by atoms with Crippen molar-refractivity contribution in [3.05, 3.63) is 13.2 Å². The highest BCUT2D eigenvalue weighted by Gasteiger charge is 1.95. The zero-order chi connectivity index (χ0) is 6.50. The van der Waals surface area contributed by atoms with Crippen molar-refractivity contribution in [3.63, 3.8) is 0 Å². The van der Waals surface area contributed by atoms with Crippen molar-refractivity contribution >= 4 is 11.8 Å². The molecule has 0 N–H and O–H groups in total. The zero-order valence-corrected chi connectivity index (χ0v) is 6.00. The van der Waals surface area contributed by atoms with Crippen LogP contribution in [0.1, 0.15) is 0 Å². The number of rotatable bonds is 0. The molecular weight excluding hydrogens is 110 g/mol. The van der Waals surface area contributed by atoms with Crippen molar-refractivity contribution in [1.29, 1.82) is 0 Å². The normalized spacial score (nSPS) is 9.14. The van der Waals surface area contributed by atoms with E-state index in [2.05, 4.69) is 13.2 Å². The number of halogens is 1. The Bertz CT molecular complexity index is 31.8. The SMILES string of the molecule is C=C.C[N+](C)(C)Cl. The Labute approximate surface area is 50.9 Å². The van der Waals surface area contributed by atoms with Crippen LogP contribution >= 0.6 is 11.8 Å². The Balaban J connectivity index is 0. The van der Waals surface area contributed by atoms with Crippen LogP contribution in [0, 0.1) is 0 Å². The van der Waals surface area contributed by atoms with E-state index in [0.29, 0.717) is 4.00 Å². The summed E-state index contributed by atoms with van der Waals surface area (Å²) < 4.78 is 0.472. The third kappa shape index (κ3) is 954000. The van der Waals surface area contributed by atoms with Crippen LogP contribution in [0.15, 0.2) is 13.2 Å². The second-order valence-corrected chi connectivity index (χ2v) is 2.86. The molecule has 0 radical (unpaired) electrons. The summed E-state index contributed by atoms with van der Waals surface area (Å²) in [7, 11) is 5.67. The molecule has 0 spiro atoms. The van der Waals surface area contributed by atoms with E-state index < -0.39 is 0 Å². The van der Waals surface area contributed by atoms with Crippen molar-refractivity contribution in [2.45, 2.75) is 0 Å². The predicted octanol–water partition coefficient (Wildman–Crippen LogP) is 1.65. The molecule has 0 saturated heterocycles. The van der Waals surface area contributed by atoms with Crippen LogP contribution in [-0.4, -0.2) is 25.1 Å². The minimum absolute atomic E-state index is 0.472. The minimum atomic E-state index is 0.472. The van der Waals surface area contributed by atoms with Crippen molar-refractivity contribution in [2.75, 3.05) is 21.1 Å². The first kappa shape index (κ1) is 10.1. The molecule has 0 aliphatic rings. The molecule has 0 aromatic rings. The molecule has 0 atom stereocenters. The largest absolute Gasteiger partial charge is 0.229 e. The summed E-state index contributed by atoms with van der Waals surface area (Å²) in [6.45, 7) is 6.00. The van der Waals surface area contributed by atoms with E-state index in [4.69, 9.17) is 11.8 Å². The molecule has 44 valence electrons. The summed E-state index contributed by atoms with van der Waals surface area (Å²) in [6.07, 6.45) is 0. The first-order chi connectivity index (χ1) is 3.00. The maximum Gasteiger partial charge on any atom is 0.164 e. The van der Waals surface area contributed by atoms with Crippen molar-refractivity contribution in [1.82, 2.24) is 0 Å². The summed E-state index contributed by atoms with van der Waals surface area (Å²) in [5, 5.41) is 0. The van der Waals surface area contributed by atoms with Crippen LogP contribution in [0.5, 0.6) is 0 Å². The third-order valence-electron chi connectivity index (χ3n) is 0. The molecule has 0 aromatic heterocycles. The molecule has 1 nitrogen and oxygen atoms in total. The Morgan fingerprint density at radius 1 is 1.14 bits per heavy atom. The zero-order valence-electron chi connectivity index (χ0n) is 5.24. The van der Waals surface area contributed by atoms with Gasteiger partial charge < -0.3 is 0 Å². The van der Waals surface area contributed by atoms with Crippen LogP contribution in [0.4, 0.5) is 0 Å². The van der Waals surface area contributed by atoms with Gasteiger partial charge in [0.15, 0.2) is 11.8 Å². The van der Waals surface area contributed by atoms with Gasteiger partial charge in [0.1, 0.15) is 0 Å². The summed E-state index contributed by atoms with van der Waals surface area (Å²) in [5.41, 5.74) is 0. The molecule has 0 aromatic carbocycles. The Morgan fingerprint density at radius 2 is 1.14 bits per heavy atom. The molecule has 0 saturated carbocycles. The van der Waals surface area contributed by atoms with Crippen LogP contribution in [0.2, 0.25) is 0 Å². The third-order valence-corrected chi connectivity index (χ3v) is 0. The van der Waals surface area contributed by atoms with Crippen molar-refractivity contribution in [2.24, 2.45) is 0 Å². The lowest BCUT2D eigenvalue weighted by molar-refractivity contribution is -0.747. The monoisotopic (exact) mass is 122 g/mol. The van der Waals surface area contributed by atoms with Gasteiger partial charge >= 0.3 is 0 Å². The molecule has 0 fully saturated rings. The summed E-state index contributed by atoms with van der Waals surface area (Å²) in [4.78, 5) is 0. The molecule has 0 amide bonds. The maximum absolute atomic E-state index is 5.47. The number of hydrogen-bond acceptors (Lipinski definition) is 0. The number of hydrogen-bond donors (Lipinski definition) is 0. The van der Waals surface area contributed by atoms with Gasteiger partial charge in [0, 0.05) is 0 Å². The van der Waals surface area contributed by atoms with Gasteiger partial charge in [0.05, 0.1) is 21.1 Å². The second kappa shape index (κ2) is 4.16. The van der Waals surface area contributed by atoms with E-state index >= 15 is 0 Å². The summed E-state index contributed by atoms with van der Waals surface area (Å²) >= 11 is 5.47. The lowest BCUT2D eigenvalue weighted by Crippen LogP contribution is -2.19. The molecule has 0 rings (SSSR count). The average Bonchev–Trinajstić information content (AvgIpc) is 1.36. The predicted molar refractivity (Wildman–Crippen MR) is 35.1 cm³/mol. The average molecular weight is 123 g/mol. The van der Waals surface area contributed by atoms with Crippen LogP contribution < -0.4 is 0 Å². The highest BCUT2D eigenvalue weighted by atomic mass is 35.5. The standard InChI is InChI=1S/C3H9ClN.C2H4/c1-5(2,3)4;1-2/h1-3H3;1-2H2/q+1;. The van der Waals surface area contributed by atoms with Gasteiger partial charge in [-0.2, -0.15) is 0 Å². The molecule has 0 aliphatic heterocycles. The fraction of sp³-hybridized carbons (Fsp3) is 0.600. The molecule has 0 heterocycles. The highest BCUT2D eigenvalue weighted by molar-refractivity contribution is 6.06. The van der Waals surface area contributed by atoms with Gasteiger partial charge in [-0.15, -0.1) is 13.2 Å². The van der Waals surface area contributed by atoms with Crippen LogP contribution in [-0.2, 0) is 0 Å². The molecule has 0 aliphatic carbocycles. The molecule has 2 heteroatoms. The number of nitrogens with zero attached hydrogens (tertiary/aromatic N) is 1. The smallest absolute Gasteiger partial charge is 0.164 e. The fourth-order valence-corrected chi connectivity index (χ4v) is 0. The van der Waals surface area contributed by atoms with Gasteiger partial charge in [-0.05, 0) is 0 Å². The fourth-order valence-electron chi connectivity index (χ4n) is 0. The van der Waals surface area contributed by atoms with E-state index in [0.717, 1.165) is 0 Å². The van der Waals surface area contributed by atoms with Gasteiger partial charge in [-0.1, -0.05) is 0 Å². The van der Waals surface area contributed by atoms with Gasteiger partial charge in [0.2, 0.25) is 0 Å². The Kier molecular flexibility index (Phi) is 5.98. The van der Waals surface area contributed by atoms with Gasteiger partial charge in [-0.3, -0.25) is 0 Å². The molecule has 7 heavy (non-hydrogen) atoms. The van der Waals surface area contributed by atoms with E-state index in [9.17, 15) is 0 Å². The Hall–Kier alpha value is -0.0100. The van der Waals surface area contributed by atoms with Gasteiger partial charge in [0.25, 0.3) is 0 Å². The quantitative estimate of drug-likeness (QED) is 0.339.